The molecule has 6 nitrogen and oxygen atoms in total. The molecular weight excluding hydrogens is 418 g/mol. The lowest BCUT2D eigenvalue weighted by molar-refractivity contribution is -0.119. The van der Waals surface area contributed by atoms with Crippen LogP contribution in [0.25, 0.3) is 0 Å². The molecule has 2 heterocycles. The fourth-order valence-electron chi connectivity index (χ4n) is 3.39. The summed E-state index contributed by atoms with van der Waals surface area (Å²) in [5.41, 5.74) is 1.33. The molecule has 2 aliphatic heterocycles. The SMILES string of the molecule is CCC(=O)CCOc1ccc(O)cc1.CCCc1ccc2c(c1)OCCO2.C[C@@H]1CCCN1. The van der Waals surface area contributed by atoms with Crippen molar-refractivity contribution in [3.05, 3.63) is 48.0 Å². The average molecular weight is 458 g/mol. The Morgan fingerprint density at radius 3 is 2.39 bits per heavy atom. The van der Waals surface area contributed by atoms with Crippen molar-refractivity contribution >= 4 is 5.78 Å². The first-order valence-corrected chi connectivity index (χ1v) is 12.1. The number of Topliss-reactive ketones (excluding diaryl/α,β-unsaturated/α-hetero) is 1. The van der Waals surface area contributed by atoms with Crippen molar-refractivity contribution in [3.8, 4) is 23.0 Å². The minimum absolute atomic E-state index is 0.198. The average Bonchev–Trinajstić information content (AvgIpc) is 3.32. The van der Waals surface area contributed by atoms with Gasteiger partial charge < -0.3 is 24.6 Å². The van der Waals surface area contributed by atoms with Gasteiger partial charge in [0, 0.05) is 18.9 Å². The third-order valence-electron chi connectivity index (χ3n) is 5.33. The Morgan fingerprint density at radius 1 is 1.09 bits per heavy atom. The lowest BCUT2D eigenvalue weighted by Crippen LogP contribution is -2.16. The fraction of sp³-hybridized carbons (Fsp3) is 0.519. The third-order valence-corrected chi connectivity index (χ3v) is 5.33. The number of ether oxygens (including phenoxy) is 3. The third kappa shape index (κ3) is 10.6. The zero-order chi connectivity index (χ0) is 23.9. The van der Waals surface area contributed by atoms with Crippen molar-refractivity contribution in [2.45, 2.75) is 65.3 Å². The number of fused-ring (bicyclic) bond motifs is 1. The van der Waals surface area contributed by atoms with Crippen LogP contribution >= 0.6 is 0 Å². The largest absolute Gasteiger partial charge is 0.508 e. The standard InChI is InChI=1S/C11H14O3.C11H14O2.C5H11N/c1-2-9(12)7-8-14-11-5-3-10(13)4-6-11;1-2-3-9-4-5-10-11(8-9)13-7-6-12-10;1-5-3-2-4-6-5/h3-6,13H,2,7-8H2,1H3;4-5,8H,2-3,6-7H2,1H3;5-6H,2-4H2,1H3/t;;5-/m..1/s1. The van der Waals surface area contributed by atoms with Gasteiger partial charge in [0.15, 0.2) is 11.5 Å². The number of benzene rings is 2. The number of ketones is 1. The monoisotopic (exact) mass is 457 g/mol. The molecule has 1 fully saturated rings. The number of phenols is 1. The summed E-state index contributed by atoms with van der Waals surface area (Å²) < 4.78 is 16.2. The van der Waals surface area contributed by atoms with Gasteiger partial charge in [-0.2, -0.15) is 0 Å². The predicted molar refractivity (Wildman–Crippen MR) is 132 cm³/mol. The van der Waals surface area contributed by atoms with E-state index < -0.39 is 0 Å². The molecule has 1 atom stereocenters. The summed E-state index contributed by atoms with van der Waals surface area (Å²) in [5, 5.41) is 12.3. The first kappa shape index (κ1) is 26.5. The van der Waals surface area contributed by atoms with Crippen LogP contribution in [-0.4, -0.2) is 43.3 Å². The summed E-state index contributed by atoms with van der Waals surface area (Å²) in [6.07, 6.45) is 6.02. The molecule has 0 radical (unpaired) electrons. The minimum atomic E-state index is 0.198. The van der Waals surface area contributed by atoms with Crippen LogP contribution in [0, 0.1) is 0 Å². The highest BCUT2D eigenvalue weighted by Crippen LogP contribution is 2.30. The number of rotatable bonds is 7. The van der Waals surface area contributed by atoms with Gasteiger partial charge in [0.05, 0.1) is 6.61 Å². The quantitative estimate of drug-likeness (QED) is 0.587. The fourth-order valence-corrected chi connectivity index (χ4v) is 3.39. The zero-order valence-corrected chi connectivity index (χ0v) is 20.3. The van der Waals surface area contributed by atoms with Gasteiger partial charge >= 0.3 is 0 Å². The van der Waals surface area contributed by atoms with Crippen molar-refractivity contribution in [2.24, 2.45) is 0 Å². The van der Waals surface area contributed by atoms with E-state index in [0.717, 1.165) is 24.0 Å². The number of nitrogens with one attached hydrogen (secondary N) is 1. The predicted octanol–water partition coefficient (Wildman–Crippen LogP) is 5.31. The van der Waals surface area contributed by atoms with Crippen LogP contribution < -0.4 is 19.5 Å². The summed E-state index contributed by atoms with van der Waals surface area (Å²) in [6, 6.07) is 13.4. The van der Waals surface area contributed by atoms with E-state index in [1.165, 1.54) is 31.4 Å². The van der Waals surface area contributed by atoms with Crippen LogP contribution in [0.1, 0.15) is 58.4 Å². The Balaban J connectivity index is 0.000000188. The van der Waals surface area contributed by atoms with Crippen LogP contribution in [-0.2, 0) is 11.2 Å². The molecule has 0 aliphatic carbocycles. The van der Waals surface area contributed by atoms with Crippen LogP contribution in [0.15, 0.2) is 42.5 Å². The first-order valence-electron chi connectivity index (χ1n) is 12.1. The molecule has 2 N–H and O–H groups in total. The van der Waals surface area contributed by atoms with E-state index in [9.17, 15) is 4.79 Å². The molecule has 33 heavy (non-hydrogen) atoms. The molecule has 2 aromatic rings. The van der Waals surface area contributed by atoms with Gasteiger partial charge in [-0.05, 0) is 74.7 Å². The lowest BCUT2D eigenvalue weighted by Gasteiger charge is -2.18. The van der Waals surface area contributed by atoms with Crippen molar-refractivity contribution in [1.29, 1.82) is 0 Å². The molecule has 182 valence electrons. The number of carbonyl (C=O) groups is 1. The second-order valence-corrected chi connectivity index (χ2v) is 8.21. The van der Waals surface area contributed by atoms with Crippen molar-refractivity contribution in [1.82, 2.24) is 5.32 Å². The Hall–Kier alpha value is -2.73. The van der Waals surface area contributed by atoms with Crippen LogP contribution in [0.4, 0.5) is 0 Å². The van der Waals surface area contributed by atoms with Crippen LogP contribution in [0.5, 0.6) is 23.0 Å². The molecule has 0 amide bonds. The molecule has 0 aromatic heterocycles. The summed E-state index contributed by atoms with van der Waals surface area (Å²) >= 11 is 0. The number of phenolic OH excluding ortho intramolecular Hbond substituents is 1. The van der Waals surface area contributed by atoms with Crippen molar-refractivity contribution in [3.63, 3.8) is 0 Å². The van der Waals surface area contributed by atoms with E-state index in [4.69, 9.17) is 19.3 Å². The summed E-state index contributed by atoms with van der Waals surface area (Å²) in [4.78, 5) is 10.9. The van der Waals surface area contributed by atoms with Gasteiger partial charge in [0.2, 0.25) is 0 Å². The number of hydrogen-bond acceptors (Lipinski definition) is 6. The molecule has 2 aliphatic rings. The smallest absolute Gasteiger partial charge is 0.161 e. The van der Waals surface area contributed by atoms with Gasteiger partial charge in [0.25, 0.3) is 0 Å². The maximum atomic E-state index is 10.9. The summed E-state index contributed by atoms with van der Waals surface area (Å²) in [5.74, 6) is 2.86. The highest BCUT2D eigenvalue weighted by atomic mass is 16.6. The van der Waals surface area contributed by atoms with E-state index in [1.54, 1.807) is 24.3 Å². The molecule has 2 aromatic carbocycles. The van der Waals surface area contributed by atoms with Gasteiger partial charge in [0.1, 0.15) is 30.5 Å². The molecule has 4 rings (SSSR count). The maximum absolute atomic E-state index is 10.9. The molecular formula is C27H39NO5. The van der Waals surface area contributed by atoms with Gasteiger partial charge in [-0.1, -0.05) is 26.3 Å². The maximum Gasteiger partial charge on any atom is 0.161 e. The minimum Gasteiger partial charge on any atom is -0.508 e. The first-order chi connectivity index (χ1) is 16.0. The Kier molecular flexibility index (Phi) is 12.2. The van der Waals surface area contributed by atoms with Gasteiger partial charge in [-0.3, -0.25) is 4.79 Å². The van der Waals surface area contributed by atoms with E-state index in [-0.39, 0.29) is 11.5 Å². The van der Waals surface area contributed by atoms with Crippen LogP contribution in [0.3, 0.4) is 0 Å². The lowest BCUT2D eigenvalue weighted by atomic mass is 10.1. The number of carbonyl (C=O) groups excluding carboxylic acids is 1. The molecule has 0 saturated carbocycles. The second kappa shape index (κ2) is 15.2. The van der Waals surface area contributed by atoms with E-state index in [2.05, 4.69) is 31.3 Å². The number of aryl methyl sites for hydroxylation is 1. The van der Waals surface area contributed by atoms with E-state index in [0.29, 0.717) is 38.4 Å². The Bertz CT molecular complexity index is 816. The highest BCUT2D eigenvalue weighted by molar-refractivity contribution is 5.78. The number of aromatic hydroxyl groups is 1. The van der Waals surface area contributed by atoms with Crippen LogP contribution in [0.2, 0.25) is 0 Å². The highest BCUT2D eigenvalue weighted by Gasteiger charge is 2.10. The van der Waals surface area contributed by atoms with E-state index >= 15 is 0 Å². The van der Waals surface area contributed by atoms with E-state index in [1.807, 2.05) is 13.0 Å². The zero-order valence-electron chi connectivity index (χ0n) is 20.3. The Labute approximate surface area is 198 Å². The summed E-state index contributed by atoms with van der Waals surface area (Å²) in [7, 11) is 0. The Morgan fingerprint density at radius 2 is 1.82 bits per heavy atom. The second-order valence-electron chi connectivity index (χ2n) is 8.21. The molecule has 0 bridgehead atoms. The molecule has 0 spiro atoms. The normalized spacial score (nSPS) is 16.0. The molecule has 6 heteroatoms. The van der Waals surface area contributed by atoms with Crippen molar-refractivity contribution in [2.75, 3.05) is 26.4 Å². The van der Waals surface area contributed by atoms with Gasteiger partial charge in [-0.15, -0.1) is 0 Å². The van der Waals surface area contributed by atoms with Gasteiger partial charge in [-0.25, -0.2) is 0 Å². The molecule has 0 unspecified atom stereocenters. The topological polar surface area (TPSA) is 77.0 Å². The summed E-state index contributed by atoms with van der Waals surface area (Å²) in [6.45, 7) is 9.22. The van der Waals surface area contributed by atoms with Crippen molar-refractivity contribution < 1.29 is 24.1 Å². The molecule has 1 saturated heterocycles. The number of hydrogen-bond donors (Lipinski definition) is 2.